The predicted octanol–water partition coefficient (Wildman–Crippen LogP) is 3.63. The van der Waals surface area contributed by atoms with Crippen molar-refractivity contribution in [3.63, 3.8) is 0 Å². The summed E-state index contributed by atoms with van der Waals surface area (Å²) in [5.74, 6) is 2.09. The monoisotopic (exact) mass is 425 g/mol. The molecule has 1 aromatic rings. The lowest BCUT2D eigenvalue weighted by atomic mass is 9.84. The van der Waals surface area contributed by atoms with Crippen molar-refractivity contribution in [1.82, 2.24) is 10.2 Å². The highest BCUT2D eigenvalue weighted by Crippen LogP contribution is 2.47. The van der Waals surface area contributed by atoms with Gasteiger partial charge in [0.15, 0.2) is 5.17 Å². The first kappa shape index (κ1) is 20.1. The van der Waals surface area contributed by atoms with Crippen LogP contribution in [0.25, 0.3) is 0 Å². The molecule has 30 heavy (non-hydrogen) atoms. The Bertz CT molecular complexity index is 849. The fraction of sp³-hybridized carbons (Fsp3) is 0.625. The van der Waals surface area contributed by atoms with Crippen LogP contribution < -0.4 is 5.32 Å². The van der Waals surface area contributed by atoms with E-state index >= 15 is 0 Å². The number of fused-ring (bicyclic) bond motifs is 2. The first-order valence-electron chi connectivity index (χ1n) is 11.4. The molecule has 160 valence electrons. The van der Waals surface area contributed by atoms with Crippen molar-refractivity contribution < 1.29 is 9.59 Å². The Labute approximate surface area is 183 Å². The lowest BCUT2D eigenvalue weighted by Gasteiger charge is -2.38. The van der Waals surface area contributed by atoms with E-state index < -0.39 is 4.75 Å². The molecular weight excluding hydrogens is 394 g/mol. The number of rotatable bonds is 4. The number of carbonyl (C=O) groups is 2. The van der Waals surface area contributed by atoms with E-state index in [2.05, 4.69) is 17.2 Å². The topological polar surface area (TPSA) is 61.8 Å². The number of thioether (sulfide) groups is 1. The standard InChI is InChI=1S/C24H31N3O2S/c1-24(22(29)26-23(30-24)25-20-14-17-7-8-18(20)13-17)19-9-11-27(12-10-19)21(28)15-16-5-3-2-4-6-16/h2-6,17-20H,7-15H2,1H3,(H,25,26,29)/t17-,18-,20-,24?/m0/s1. The van der Waals surface area contributed by atoms with Crippen molar-refractivity contribution in [2.24, 2.45) is 22.7 Å². The van der Waals surface area contributed by atoms with Gasteiger partial charge in [0.25, 0.3) is 5.91 Å². The molecule has 2 aliphatic heterocycles. The number of hydrogen-bond donors (Lipinski definition) is 1. The summed E-state index contributed by atoms with van der Waals surface area (Å²) in [6.07, 6.45) is 7.46. The number of carbonyl (C=O) groups excluding carboxylic acids is 2. The molecule has 1 aromatic carbocycles. The van der Waals surface area contributed by atoms with E-state index in [4.69, 9.17) is 0 Å². The Morgan fingerprint density at radius 3 is 2.60 bits per heavy atom. The number of hydrogen-bond acceptors (Lipinski definition) is 4. The molecule has 6 heteroatoms. The van der Waals surface area contributed by atoms with Gasteiger partial charge in [-0.25, -0.2) is 0 Å². The maximum absolute atomic E-state index is 12.9. The average Bonchev–Trinajstić information content (AvgIpc) is 3.44. The summed E-state index contributed by atoms with van der Waals surface area (Å²) in [7, 11) is 0. The van der Waals surface area contributed by atoms with Gasteiger partial charge in [-0.15, -0.1) is 0 Å². The highest BCUT2D eigenvalue weighted by atomic mass is 32.2. The van der Waals surface area contributed by atoms with Gasteiger partial charge in [0.1, 0.15) is 4.75 Å². The van der Waals surface area contributed by atoms with Crippen molar-refractivity contribution in [2.75, 3.05) is 13.1 Å². The third-order valence-electron chi connectivity index (χ3n) is 7.81. The molecule has 1 unspecified atom stereocenters. The van der Waals surface area contributed by atoms with Crippen LogP contribution in [0.3, 0.4) is 0 Å². The summed E-state index contributed by atoms with van der Waals surface area (Å²) in [5, 5.41) is 4.45. The number of amidine groups is 1. The minimum atomic E-state index is -0.492. The van der Waals surface area contributed by atoms with Gasteiger partial charge >= 0.3 is 0 Å². The first-order valence-corrected chi connectivity index (χ1v) is 12.2. The molecule has 2 saturated carbocycles. The van der Waals surface area contributed by atoms with E-state index in [1.807, 2.05) is 35.2 Å². The van der Waals surface area contributed by atoms with E-state index in [9.17, 15) is 9.59 Å². The molecule has 5 nitrogen and oxygen atoms in total. The quantitative estimate of drug-likeness (QED) is 0.800. The van der Waals surface area contributed by atoms with Crippen LogP contribution in [-0.4, -0.2) is 45.8 Å². The number of piperidine rings is 1. The van der Waals surface area contributed by atoms with Crippen molar-refractivity contribution in [3.8, 4) is 0 Å². The Morgan fingerprint density at radius 2 is 1.93 bits per heavy atom. The largest absolute Gasteiger partial charge is 0.361 e. The smallest absolute Gasteiger partial charge is 0.264 e. The van der Waals surface area contributed by atoms with Gasteiger partial charge in [0.2, 0.25) is 5.91 Å². The van der Waals surface area contributed by atoms with Crippen molar-refractivity contribution in [3.05, 3.63) is 35.9 Å². The molecule has 2 amide bonds. The van der Waals surface area contributed by atoms with Crippen molar-refractivity contribution in [1.29, 1.82) is 0 Å². The SMILES string of the molecule is CC1(C2CCN(C(=O)Cc3ccccc3)CC2)SC(N[C@H]2C[C@H]3CC[C@H]2C3)=NC1=O. The number of aliphatic imine (C=N–C) groups is 1. The molecule has 0 spiro atoms. The van der Waals surface area contributed by atoms with E-state index in [1.54, 1.807) is 11.8 Å². The van der Waals surface area contributed by atoms with Gasteiger partial charge in [0, 0.05) is 19.1 Å². The summed E-state index contributed by atoms with van der Waals surface area (Å²) in [6, 6.07) is 10.4. The van der Waals surface area contributed by atoms with Crippen molar-refractivity contribution in [2.45, 2.75) is 62.7 Å². The summed E-state index contributed by atoms with van der Waals surface area (Å²) >= 11 is 1.64. The van der Waals surface area contributed by atoms with Crippen LogP contribution in [0.5, 0.6) is 0 Å². The third kappa shape index (κ3) is 3.79. The first-order chi connectivity index (χ1) is 14.5. The fourth-order valence-corrected chi connectivity index (χ4v) is 7.21. The van der Waals surface area contributed by atoms with E-state index in [0.717, 1.165) is 48.5 Å². The van der Waals surface area contributed by atoms with Crippen LogP contribution in [0.4, 0.5) is 0 Å². The highest BCUT2D eigenvalue weighted by molar-refractivity contribution is 8.16. The second-order valence-corrected chi connectivity index (χ2v) is 11.1. The van der Waals surface area contributed by atoms with Gasteiger partial charge < -0.3 is 10.2 Å². The van der Waals surface area contributed by atoms with Gasteiger partial charge in [-0.1, -0.05) is 48.5 Å². The summed E-state index contributed by atoms with van der Waals surface area (Å²) in [4.78, 5) is 31.9. The fourth-order valence-electron chi connectivity index (χ4n) is 5.93. The summed E-state index contributed by atoms with van der Waals surface area (Å²) in [6.45, 7) is 3.52. The third-order valence-corrected chi connectivity index (χ3v) is 9.14. The molecule has 1 saturated heterocycles. The number of benzene rings is 1. The van der Waals surface area contributed by atoms with Gasteiger partial charge in [-0.3, -0.25) is 9.59 Å². The van der Waals surface area contributed by atoms with Crippen LogP contribution in [0.15, 0.2) is 35.3 Å². The van der Waals surface area contributed by atoms with Crippen molar-refractivity contribution >= 4 is 28.7 Å². The number of likely N-dealkylation sites (tertiary alicyclic amines) is 1. The van der Waals surface area contributed by atoms with Crippen LogP contribution in [-0.2, 0) is 16.0 Å². The molecular formula is C24H31N3O2S. The van der Waals surface area contributed by atoms with Gasteiger partial charge in [-0.2, -0.15) is 4.99 Å². The number of nitrogens with one attached hydrogen (secondary N) is 1. The molecule has 0 aromatic heterocycles. The second-order valence-electron chi connectivity index (χ2n) is 9.67. The lowest BCUT2D eigenvalue weighted by Crippen LogP contribution is -2.47. The molecule has 2 heterocycles. The second kappa shape index (κ2) is 8.03. The molecule has 4 atom stereocenters. The molecule has 2 aliphatic carbocycles. The minimum absolute atomic E-state index is 0.00668. The average molecular weight is 426 g/mol. The zero-order valence-electron chi connectivity index (χ0n) is 17.7. The molecule has 4 aliphatic rings. The van der Waals surface area contributed by atoms with E-state index in [0.29, 0.717) is 12.5 Å². The highest BCUT2D eigenvalue weighted by Gasteiger charge is 2.49. The molecule has 5 rings (SSSR count). The predicted molar refractivity (Wildman–Crippen MR) is 120 cm³/mol. The zero-order chi connectivity index (χ0) is 20.7. The van der Waals surface area contributed by atoms with Gasteiger partial charge in [-0.05, 0) is 62.3 Å². The number of amides is 2. The van der Waals surface area contributed by atoms with Crippen LogP contribution in [0, 0.1) is 17.8 Å². The van der Waals surface area contributed by atoms with Crippen LogP contribution >= 0.6 is 11.8 Å². The molecule has 1 N–H and O–H groups in total. The Balaban J connectivity index is 1.15. The van der Waals surface area contributed by atoms with Gasteiger partial charge in [0.05, 0.1) is 6.42 Å². The normalized spacial score (nSPS) is 33.8. The lowest BCUT2D eigenvalue weighted by molar-refractivity contribution is -0.132. The summed E-state index contributed by atoms with van der Waals surface area (Å²) < 4.78 is -0.492. The Hall–Kier alpha value is -1.82. The molecule has 0 radical (unpaired) electrons. The Kier molecular flexibility index (Phi) is 5.38. The minimum Gasteiger partial charge on any atom is -0.361 e. The van der Waals surface area contributed by atoms with Crippen LogP contribution in [0.2, 0.25) is 0 Å². The molecule has 2 bridgehead atoms. The Morgan fingerprint density at radius 1 is 1.17 bits per heavy atom. The molecule has 3 fully saturated rings. The van der Waals surface area contributed by atoms with E-state index in [-0.39, 0.29) is 17.7 Å². The van der Waals surface area contributed by atoms with Crippen LogP contribution in [0.1, 0.15) is 51.0 Å². The zero-order valence-corrected chi connectivity index (χ0v) is 18.5. The summed E-state index contributed by atoms with van der Waals surface area (Å²) in [5.41, 5.74) is 1.06. The van der Waals surface area contributed by atoms with E-state index in [1.165, 1.54) is 25.7 Å². The maximum atomic E-state index is 12.9. The number of nitrogens with zero attached hydrogens (tertiary/aromatic N) is 2. The maximum Gasteiger partial charge on any atom is 0.264 e.